The van der Waals surface area contributed by atoms with Gasteiger partial charge in [0.15, 0.2) is 0 Å². The number of fused-ring (bicyclic) bond motifs is 1. The van der Waals surface area contributed by atoms with Crippen LogP contribution in [0.3, 0.4) is 0 Å². The monoisotopic (exact) mass is 306 g/mol. The highest BCUT2D eigenvalue weighted by Gasteiger charge is 2.36. The molecule has 1 fully saturated rings. The first-order chi connectivity index (χ1) is 10.5. The highest BCUT2D eigenvalue weighted by Crippen LogP contribution is 2.34. The van der Waals surface area contributed by atoms with Crippen molar-refractivity contribution in [2.45, 2.75) is 51.7 Å². The van der Waals surface area contributed by atoms with Crippen molar-refractivity contribution in [2.24, 2.45) is 5.92 Å². The van der Waals surface area contributed by atoms with Gasteiger partial charge >= 0.3 is 6.09 Å². The number of likely N-dealkylation sites (tertiary alicyclic amines) is 1. The normalized spacial score (nSPS) is 25.7. The topological polar surface area (TPSA) is 61.6 Å². The quantitative estimate of drug-likeness (QED) is 0.930. The molecule has 1 aromatic heterocycles. The van der Waals surface area contributed by atoms with E-state index < -0.39 is 6.09 Å². The molecule has 0 saturated carbocycles. The van der Waals surface area contributed by atoms with E-state index in [-0.39, 0.29) is 12.0 Å². The van der Waals surface area contributed by atoms with Crippen LogP contribution >= 0.6 is 0 Å². The number of carboxylic acid groups (broad SMARTS) is 1. The molecule has 0 aliphatic carbocycles. The molecule has 1 aromatic rings. The minimum atomic E-state index is -0.838. The minimum absolute atomic E-state index is 0.121. The van der Waals surface area contributed by atoms with Crippen LogP contribution in [-0.2, 0) is 13.0 Å². The predicted molar refractivity (Wildman–Crippen MR) is 83.9 cm³/mol. The summed E-state index contributed by atoms with van der Waals surface area (Å²) in [6, 6.07) is 0.456. The van der Waals surface area contributed by atoms with E-state index >= 15 is 0 Å². The SMILES string of the molecule is CC(C)C1c2ncn(C[C@@H]3CCCN3C)c2CCN1C(=O)O. The Morgan fingerprint density at radius 1 is 1.45 bits per heavy atom. The maximum Gasteiger partial charge on any atom is 0.407 e. The van der Waals surface area contributed by atoms with Crippen LogP contribution < -0.4 is 0 Å². The number of aromatic nitrogens is 2. The zero-order valence-electron chi connectivity index (χ0n) is 13.7. The Labute approximate surface area is 131 Å². The zero-order valence-corrected chi connectivity index (χ0v) is 13.7. The second kappa shape index (κ2) is 5.91. The standard InChI is InChI=1S/C16H26N4O2/c1-11(2)15-14-13(6-8-20(15)16(21)22)19(10-17-14)9-12-5-4-7-18(12)3/h10-12,15H,4-9H2,1-3H3,(H,21,22)/t12-,15?/m0/s1. The van der Waals surface area contributed by atoms with Gasteiger partial charge in [-0.3, -0.25) is 4.90 Å². The molecule has 1 saturated heterocycles. The first kappa shape index (κ1) is 15.3. The summed E-state index contributed by atoms with van der Waals surface area (Å²) in [6.45, 7) is 6.84. The molecule has 6 nitrogen and oxygen atoms in total. The number of rotatable bonds is 3. The Morgan fingerprint density at radius 2 is 2.23 bits per heavy atom. The molecule has 2 aliphatic rings. The zero-order chi connectivity index (χ0) is 15.9. The largest absolute Gasteiger partial charge is 0.465 e. The molecule has 0 radical (unpaired) electrons. The Hall–Kier alpha value is -1.56. The number of likely N-dealkylation sites (N-methyl/N-ethyl adjacent to an activating group) is 1. The Morgan fingerprint density at radius 3 is 2.82 bits per heavy atom. The van der Waals surface area contributed by atoms with Gasteiger partial charge < -0.3 is 14.6 Å². The van der Waals surface area contributed by atoms with Crippen LogP contribution in [0.5, 0.6) is 0 Å². The molecule has 22 heavy (non-hydrogen) atoms. The van der Waals surface area contributed by atoms with Gasteiger partial charge in [0, 0.05) is 31.2 Å². The smallest absolute Gasteiger partial charge is 0.407 e. The maximum absolute atomic E-state index is 11.5. The lowest BCUT2D eigenvalue weighted by molar-refractivity contribution is 0.102. The van der Waals surface area contributed by atoms with Gasteiger partial charge in [0.25, 0.3) is 0 Å². The predicted octanol–water partition coefficient (Wildman–Crippen LogP) is 2.21. The maximum atomic E-state index is 11.5. The van der Waals surface area contributed by atoms with Crippen molar-refractivity contribution in [3.05, 3.63) is 17.7 Å². The summed E-state index contributed by atoms with van der Waals surface area (Å²) < 4.78 is 2.26. The number of carbonyl (C=O) groups is 1. The fourth-order valence-corrected chi connectivity index (χ4v) is 3.94. The second-order valence-corrected chi connectivity index (χ2v) is 6.92. The van der Waals surface area contributed by atoms with Crippen molar-refractivity contribution in [1.82, 2.24) is 19.4 Å². The lowest BCUT2D eigenvalue weighted by Crippen LogP contribution is -2.42. The van der Waals surface area contributed by atoms with E-state index in [9.17, 15) is 9.90 Å². The van der Waals surface area contributed by atoms with E-state index in [1.807, 2.05) is 6.33 Å². The Bertz CT molecular complexity index is 554. The molecule has 1 amide bonds. The minimum Gasteiger partial charge on any atom is -0.465 e. The summed E-state index contributed by atoms with van der Waals surface area (Å²) in [7, 11) is 2.18. The molecule has 3 heterocycles. The molecule has 2 atom stereocenters. The number of imidazole rings is 1. The summed E-state index contributed by atoms with van der Waals surface area (Å²) in [5, 5.41) is 9.44. The summed E-state index contributed by atoms with van der Waals surface area (Å²) in [5.74, 6) is 0.229. The number of amides is 1. The van der Waals surface area contributed by atoms with Gasteiger partial charge in [-0.15, -0.1) is 0 Å². The van der Waals surface area contributed by atoms with Crippen molar-refractivity contribution >= 4 is 6.09 Å². The molecule has 0 aromatic carbocycles. The first-order valence-electron chi connectivity index (χ1n) is 8.22. The van der Waals surface area contributed by atoms with Crippen molar-refractivity contribution in [1.29, 1.82) is 0 Å². The van der Waals surface area contributed by atoms with E-state index in [1.54, 1.807) is 4.90 Å². The lowest BCUT2D eigenvalue weighted by atomic mass is 9.93. The van der Waals surface area contributed by atoms with Crippen LogP contribution in [0.1, 0.15) is 44.1 Å². The molecule has 0 bridgehead atoms. The van der Waals surface area contributed by atoms with Crippen molar-refractivity contribution in [3.63, 3.8) is 0 Å². The lowest BCUT2D eigenvalue weighted by Gasteiger charge is -2.36. The number of hydrogen-bond donors (Lipinski definition) is 1. The summed E-state index contributed by atoms with van der Waals surface area (Å²) in [4.78, 5) is 20.1. The summed E-state index contributed by atoms with van der Waals surface area (Å²) in [5.41, 5.74) is 2.20. The molecular weight excluding hydrogens is 280 g/mol. The molecule has 1 unspecified atom stereocenters. The van der Waals surface area contributed by atoms with Crippen LogP contribution in [0.4, 0.5) is 4.79 Å². The molecule has 3 rings (SSSR count). The average Bonchev–Trinajstić information content (AvgIpc) is 3.05. The number of nitrogens with zero attached hydrogens (tertiary/aromatic N) is 4. The van der Waals surface area contributed by atoms with Gasteiger partial charge in [-0.05, 0) is 32.4 Å². The molecule has 1 N–H and O–H groups in total. The molecule has 122 valence electrons. The van der Waals surface area contributed by atoms with Crippen molar-refractivity contribution in [3.8, 4) is 0 Å². The van der Waals surface area contributed by atoms with Crippen LogP contribution in [0.2, 0.25) is 0 Å². The summed E-state index contributed by atoms with van der Waals surface area (Å²) in [6.07, 6.45) is 4.34. The summed E-state index contributed by atoms with van der Waals surface area (Å²) >= 11 is 0. The molecule has 6 heteroatoms. The first-order valence-corrected chi connectivity index (χ1v) is 8.22. The fraction of sp³-hybridized carbons (Fsp3) is 0.750. The third kappa shape index (κ3) is 2.60. The van der Waals surface area contributed by atoms with Gasteiger partial charge in [-0.1, -0.05) is 13.8 Å². The van der Waals surface area contributed by atoms with Crippen LogP contribution in [0.25, 0.3) is 0 Å². The van der Waals surface area contributed by atoms with Gasteiger partial charge in [-0.2, -0.15) is 0 Å². The molecule has 2 aliphatic heterocycles. The van der Waals surface area contributed by atoms with E-state index in [0.717, 1.165) is 18.7 Å². The van der Waals surface area contributed by atoms with Gasteiger partial charge in [-0.25, -0.2) is 9.78 Å². The van der Waals surface area contributed by atoms with Gasteiger partial charge in [0.1, 0.15) is 0 Å². The third-order valence-electron chi connectivity index (χ3n) is 5.14. The molecular formula is C16H26N4O2. The van der Waals surface area contributed by atoms with E-state index in [0.29, 0.717) is 12.6 Å². The van der Waals surface area contributed by atoms with Crippen molar-refractivity contribution in [2.75, 3.05) is 20.1 Å². The van der Waals surface area contributed by atoms with E-state index in [1.165, 1.54) is 25.1 Å². The van der Waals surface area contributed by atoms with E-state index in [2.05, 4.69) is 35.3 Å². The Kier molecular flexibility index (Phi) is 4.12. The van der Waals surface area contributed by atoms with Gasteiger partial charge in [0.05, 0.1) is 18.1 Å². The number of hydrogen-bond acceptors (Lipinski definition) is 3. The third-order valence-corrected chi connectivity index (χ3v) is 5.14. The van der Waals surface area contributed by atoms with Crippen LogP contribution in [0.15, 0.2) is 6.33 Å². The average molecular weight is 306 g/mol. The highest BCUT2D eigenvalue weighted by atomic mass is 16.4. The Balaban J connectivity index is 1.86. The van der Waals surface area contributed by atoms with Crippen molar-refractivity contribution < 1.29 is 9.90 Å². The highest BCUT2D eigenvalue weighted by molar-refractivity contribution is 5.66. The van der Waals surface area contributed by atoms with Crippen LogP contribution in [0, 0.1) is 5.92 Å². The van der Waals surface area contributed by atoms with Crippen LogP contribution in [-0.4, -0.2) is 56.7 Å². The second-order valence-electron chi connectivity index (χ2n) is 6.92. The molecule has 0 spiro atoms. The fourth-order valence-electron chi connectivity index (χ4n) is 3.94. The van der Waals surface area contributed by atoms with E-state index in [4.69, 9.17) is 0 Å². The van der Waals surface area contributed by atoms with Gasteiger partial charge in [0.2, 0.25) is 0 Å².